The number of ether oxygens (including phenoxy) is 1. The highest BCUT2D eigenvalue weighted by atomic mass is 35.5. The Balaban J connectivity index is 1.22. The minimum atomic E-state index is -0.118. The lowest BCUT2D eigenvalue weighted by atomic mass is 10.0. The van der Waals surface area contributed by atoms with Gasteiger partial charge < -0.3 is 24.3 Å². The van der Waals surface area contributed by atoms with Gasteiger partial charge in [0, 0.05) is 54.8 Å². The highest BCUT2D eigenvalue weighted by molar-refractivity contribution is 6.36. The number of rotatable bonds is 8. The van der Waals surface area contributed by atoms with Crippen molar-refractivity contribution < 1.29 is 9.53 Å². The standard InChI is InChI=1S/C33H39ClN6O2/c1-4-28(41)40-18-17-39(21-33(40)14-15-33)30-24-11-16-38(27-10-6-8-23-7-5-9-25(34)29(23)27)19-26(24)35-31(36-30)42-22-32(12-13-32)20-37(2)3/h4-10H,1,11-22H2,2-3H3. The van der Waals surface area contributed by atoms with Crippen LogP contribution in [0.1, 0.15) is 36.9 Å². The van der Waals surface area contributed by atoms with Gasteiger partial charge in [0.15, 0.2) is 0 Å². The van der Waals surface area contributed by atoms with Gasteiger partial charge in [-0.1, -0.05) is 42.4 Å². The van der Waals surface area contributed by atoms with E-state index in [1.54, 1.807) is 0 Å². The maximum Gasteiger partial charge on any atom is 0.318 e. The topological polar surface area (TPSA) is 65.0 Å². The molecular formula is C33H39ClN6O2. The maximum atomic E-state index is 12.6. The summed E-state index contributed by atoms with van der Waals surface area (Å²) in [4.78, 5) is 31.8. The number of benzene rings is 2. The number of piperazine rings is 1. The maximum absolute atomic E-state index is 12.6. The zero-order valence-electron chi connectivity index (χ0n) is 24.6. The van der Waals surface area contributed by atoms with Crippen LogP contribution in [0.2, 0.25) is 5.02 Å². The molecule has 0 radical (unpaired) electrons. The fourth-order valence-electron chi connectivity index (χ4n) is 7.06. The predicted molar refractivity (Wildman–Crippen MR) is 168 cm³/mol. The second-order valence-electron chi connectivity index (χ2n) is 12.9. The van der Waals surface area contributed by atoms with Gasteiger partial charge in [0.2, 0.25) is 5.91 Å². The number of amides is 1. The van der Waals surface area contributed by atoms with Gasteiger partial charge in [-0.05, 0) is 69.8 Å². The number of carbonyl (C=O) groups is 1. The fourth-order valence-corrected chi connectivity index (χ4v) is 7.34. The molecule has 7 rings (SSSR count). The number of aromatic nitrogens is 2. The van der Waals surface area contributed by atoms with Crippen LogP contribution in [0.5, 0.6) is 6.01 Å². The van der Waals surface area contributed by atoms with Crippen molar-refractivity contribution in [3.63, 3.8) is 0 Å². The van der Waals surface area contributed by atoms with Crippen molar-refractivity contribution in [2.24, 2.45) is 5.41 Å². The van der Waals surface area contributed by atoms with Gasteiger partial charge in [0.1, 0.15) is 5.82 Å². The van der Waals surface area contributed by atoms with Crippen LogP contribution in [0.25, 0.3) is 10.8 Å². The van der Waals surface area contributed by atoms with E-state index in [0.717, 1.165) is 78.4 Å². The van der Waals surface area contributed by atoms with E-state index in [2.05, 4.69) is 59.6 Å². The number of halogens is 1. The van der Waals surface area contributed by atoms with E-state index in [1.807, 2.05) is 17.0 Å². The Kier molecular flexibility index (Phi) is 6.82. The molecule has 2 saturated carbocycles. The van der Waals surface area contributed by atoms with Crippen LogP contribution in [-0.2, 0) is 17.8 Å². The number of hydrogen-bond donors (Lipinski definition) is 0. The third-order valence-electron chi connectivity index (χ3n) is 9.53. The summed E-state index contributed by atoms with van der Waals surface area (Å²) in [5.74, 6) is 1.00. The summed E-state index contributed by atoms with van der Waals surface area (Å²) in [6, 6.07) is 12.9. The molecule has 3 heterocycles. The van der Waals surface area contributed by atoms with Crippen molar-refractivity contribution in [2.45, 2.75) is 44.2 Å². The Morgan fingerprint density at radius 1 is 1.07 bits per heavy atom. The number of nitrogens with zero attached hydrogens (tertiary/aromatic N) is 6. The van der Waals surface area contributed by atoms with Crippen LogP contribution in [0, 0.1) is 5.41 Å². The highest BCUT2D eigenvalue weighted by Crippen LogP contribution is 2.47. The number of anilines is 2. The zero-order valence-corrected chi connectivity index (χ0v) is 25.4. The Labute approximate surface area is 252 Å². The summed E-state index contributed by atoms with van der Waals surface area (Å²) in [7, 11) is 4.23. The lowest BCUT2D eigenvalue weighted by Gasteiger charge is -2.43. The first-order valence-electron chi connectivity index (χ1n) is 15.1. The lowest BCUT2D eigenvalue weighted by Crippen LogP contribution is -2.57. The Morgan fingerprint density at radius 3 is 2.57 bits per heavy atom. The number of fused-ring (bicyclic) bond motifs is 2. The molecule has 2 aliphatic heterocycles. The Morgan fingerprint density at radius 2 is 1.86 bits per heavy atom. The molecule has 42 heavy (non-hydrogen) atoms. The second kappa shape index (κ2) is 10.4. The van der Waals surface area contributed by atoms with Gasteiger partial charge in [-0.3, -0.25) is 4.79 Å². The quantitative estimate of drug-likeness (QED) is 0.347. The van der Waals surface area contributed by atoms with Gasteiger partial charge in [-0.2, -0.15) is 9.97 Å². The summed E-state index contributed by atoms with van der Waals surface area (Å²) in [6.07, 6.45) is 6.64. The van der Waals surface area contributed by atoms with E-state index >= 15 is 0 Å². The van der Waals surface area contributed by atoms with Gasteiger partial charge >= 0.3 is 6.01 Å². The molecule has 1 aromatic heterocycles. The minimum Gasteiger partial charge on any atom is -0.463 e. The van der Waals surface area contributed by atoms with Gasteiger partial charge in [0.25, 0.3) is 0 Å². The molecule has 2 aliphatic carbocycles. The smallest absolute Gasteiger partial charge is 0.318 e. The molecule has 2 aromatic carbocycles. The van der Waals surface area contributed by atoms with E-state index in [1.165, 1.54) is 24.5 Å². The van der Waals surface area contributed by atoms with Gasteiger partial charge in [-0.25, -0.2) is 0 Å². The Hall–Kier alpha value is -3.36. The summed E-state index contributed by atoms with van der Waals surface area (Å²) in [5.41, 5.74) is 3.40. The van der Waals surface area contributed by atoms with Crippen molar-refractivity contribution in [1.29, 1.82) is 0 Å². The molecule has 8 nitrogen and oxygen atoms in total. The van der Waals surface area contributed by atoms with E-state index in [9.17, 15) is 4.79 Å². The first-order valence-corrected chi connectivity index (χ1v) is 15.5. The van der Waals surface area contributed by atoms with E-state index in [4.69, 9.17) is 26.3 Å². The molecular weight excluding hydrogens is 548 g/mol. The van der Waals surface area contributed by atoms with Crippen molar-refractivity contribution in [2.75, 3.05) is 63.2 Å². The van der Waals surface area contributed by atoms with Crippen molar-refractivity contribution >= 4 is 39.8 Å². The largest absolute Gasteiger partial charge is 0.463 e. The molecule has 0 unspecified atom stereocenters. The Bertz CT molecular complexity index is 1540. The molecule has 0 bridgehead atoms. The molecule has 0 N–H and O–H groups in total. The summed E-state index contributed by atoms with van der Waals surface area (Å²) in [6.45, 7) is 9.06. The minimum absolute atomic E-state index is 0.0286. The molecule has 3 fully saturated rings. The molecule has 9 heteroatoms. The molecule has 220 valence electrons. The first-order chi connectivity index (χ1) is 20.3. The van der Waals surface area contributed by atoms with E-state index in [0.29, 0.717) is 25.7 Å². The van der Waals surface area contributed by atoms with Crippen LogP contribution in [0.4, 0.5) is 11.5 Å². The summed E-state index contributed by atoms with van der Waals surface area (Å²) < 4.78 is 6.41. The van der Waals surface area contributed by atoms with Crippen LogP contribution in [0.15, 0.2) is 49.1 Å². The van der Waals surface area contributed by atoms with Crippen molar-refractivity contribution in [3.05, 3.63) is 65.3 Å². The highest BCUT2D eigenvalue weighted by Gasteiger charge is 2.53. The predicted octanol–water partition coefficient (Wildman–Crippen LogP) is 4.93. The average Bonchev–Trinajstić information content (AvgIpc) is 3.93. The van der Waals surface area contributed by atoms with E-state index in [-0.39, 0.29) is 16.9 Å². The monoisotopic (exact) mass is 586 g/mol. The van der Waals surface area contributed by atoms with Gasteiger partial charge in [-0.15, -0.1) is 0 Å². The van der Waals surface area contributed by atoms with Crippen LogP contribution < -0.4 is 14.5 Å². The molecule has 3 aromatic rings. The normalized spacial score (nSPS) is 20.1. The van der Waals surface area contributed by atoms with Gasteiger partial charge in [0.05, 0.1) is 29.4 Å². The molecule has 1 spiro atoms. The molecule has 4 aliphatic rings. The number of hydrogen-bond acceptors (Lipinski definition) is 7. The molecule has 1 saturated heterocycles. The number of carbonyl (C=O) groups excluding carboxylic acids is 1. The third-order valence-corrected chi connectivity index (χ3v) is 9.85. The molecule has 0 atom stereocenters. The molecule has 1 amide bonds. The van der Waals surface area contributed by atoms with Crippen LogP contribution in [-0.4, -0.2) is 84.6 Å². The van der Waals surface area contributed by atoms with Crippen molar-refractivity contribution in [1.82, 2.24) is 19.8 Å². The fraction of sp³-hybridized carbons (Fsp3) is 0.485. The van der Waals surface area contributed by atoms with Crippen molar-refractivity contribution in [3.8, 4) is 6.01 Å². The van der Waals surface area contributed by atoms with E-state index < -0.39 is 0 Å². The van der Waals surface area contributed by atoms with Crippen LogP contribution >= 0.6 is 11.6 Å². The second-order valence-corrected chi connectivity index (χ2v) is 13.3. The first kappa shape index (κ1) is 27.5. The van der Waals surface area contributed by atoms with Crippen LogP contribution in [0.3, 0.4) is 0 Å². The lowest BCUT2D eigenvalue weighted by molar-refractivity contribution is -0.129. The summed E-state index contributed by atoms with van der Waals surface area (Å²) >= 11 is 6.72. The zero-order chi connectivity index (χ0) is 29.1. The third kappa shape index (κ3) is 4.98. The average molecular weight is 587 g/mol. The SMILES string of the molecule is C=CC(=O)N1CCN(c2nc(OCC3(CN(C)C)CC3)nc3c2CCN(c2cccc4cccc(Cl)c24)C3)CC12CC2. The summed E-state index contributed by atoms with van der Waals surface area (Å²) in [5, 5.41) is 2.97.